The molecule has 3 rings (SSSR count). The minimum absolute atomic E-state index is 0.356. The van der Waals surface area contributed by atoms with Crippen molar-refractivity contribution in [1.82, 2.24) is 4.98 Å². The van der Waals surface area contributed by atoms with Crippen LogP contribution in [0.3, 0.4) is 0 Å². The number of rotatable bonds is 4. The Bertz CT molecular complexity index is 434. The number of nitrogens with zero attached hydrogens (tertiary/aromatic N) is 1. The standard InChI is InChI=1S/C14H19ClN2O/c1-2-18-12-9-11(14(12)6-4-7-14)17-10-5-3-8-16-13(10)15/h3,5,8,11-12,17H,2,4,6-7,9H2,1H3. The molecule has 3 nitrogen and oxygen atoms in total. The van der Waals surface area contributed by atoms with E-state index in [9.17, 15) is 0 Å². The predicted molar refractivity (Wildman–Crippen MR) is 73.0 cm³/mol. The van der Waals surface area contributed by atoms with Gasteiger partial charge in [0.1, 0.15) is 0 Å². The van der Waals surface area contributed by atoms with Crippen molar-refractivity contribution in [2.75, 3.05) is 11.9 Å². The molecule has 0 radical (unpaired) electrons. The first kappa shape index (κ1) is 12.2. The zero-order valence-electron chi connectivity index (χ0n) is 10.7. The van der Waals surface area contributed by atoms with Crippen molar-refractivity contribution in [1.29, 1.82) is 0 Å². The summed E-state index contributed by atoms with van der Waals surface area (Å²) >= 11 is 6.10. The number of ether oxygens (including phenoxy) is 1. The summed E-state index contributed by atoms with van der Waals surface area (Å²) < 4.78 is 5.85. The van der Waals surface area contributed by atoms with E-state index in [1.54, 1.807) is 6.20 Å². The number of hydrogen-bond donors (Lipinski definition) is 1. The van der Waals surface area contributed by atoms with Crippen LogP contribution in [0.15, 0.2) is 18.3 Å². The third-order valence-electron chi connectivity index (χ3n) is 4.53. The van der Waals surface area contributed by atoms with Gasteiger partial charge in [-0.2, -0.15) is 0 Å². The Balaban J connectivity index is 1.70. The first-order chi connectivity index (χ1) is 8.76. The molecular weight excluding hydrogens is 248 g/mol. The molecule has 0 amide bonds. The molecule has 98 valence electrons. The van der Waals surface area contributed by atoms with Gasteiger partial charge >= 0.3 is 0 Å². The summed E-state index contributed by atoms with van der Waals surface area (Å²) in [6, 6.07) is 4.40. The highest BCUT2D eigenvalue weighted by Crippen LogP contribution is 2.58. The van der Waals surface area contributed by atoms with Crippen LogP contribution in [0.5, 0.6) is 0 Å². The zero-order chi connectivity index (χ0) is 12.6. The van der Waals surface area contributed by atoms with E-state index in [1.165, 1.54) is 19.3 Å². The van der Waals surface area contributed by atoms with E-state index in [0.29, 0.717) is 22.7 Å². The van der Waals surface area contributed by atoms with Crippen LogP contribution in [0, 0.1) is 5.41 Å². The van der Waals surface area contributed by atoms with E-state index < -0.39 is 0 Å². The highest BCUT2D eigenvalue weighted by molar-refractivity contribution is 6.31. The molecular formula is C14H19ClN2O. The summed E-state index contributed by atoms with van der Waals surface area (Å²) in [5.74, 6) is 0. The van der Waals surface area contributed by atoms with E-state index in [0.717, 1.165) is 18.7 Å². The van der Waals surface area contributed by atoms with Crippen LogP contribution in [0.2, 0.25) is 5.15 Å². The molecule has 2 unspecified atom stereocenters. The number of nitrogens with one attached hydrogen (secondary N) is 1. The highest BCUT2D eigenvalue weighted by atomic mass is 35.5. The van der Waals surface area contributed by atoms with Gasteiger partial charge in [-0.15, -0.1) is 0 Å². The number of halogens is 1. The summed E-state index contributed by atoms with van der Waals surface area (Å²) in [7, 11) is 0. The van der Waals surface area contributed by atoms with Crippen molar-refractivity contribution in [3.8, 4) is 0 Å². The zero-order valence-corrected chi connectivity index (χ0v) is 11.4. The molecule has 2 aliphatic carbocycles. The van der Waals surface area contributed by atoms with Crippen LogP contribution in [0.4, 0.5) is 5.69 Å². The Kier molecular flexibility index (Phi) is 3.20. The van der Waals surface area contributed by atoms with Gasteiger partial charge in [0.25, 0.3) is 0 Å². The molecule has 1 spiro atoms. The molecule has 1 N–H and O–H groups in total. The van der Waals surface area contributed by atoms with Crippen LogP contribution >= 0.6 is 11.6 Å². The monoisotopic (exact) mass is 266 g/mol. The smallest absolute Gasteiger partial charge is 0.152 e. The Morgan fingerprint density at radius 3 is 3.00 bits per heavy atom. The Hall–Kier alpha value is -0.800. The summed E-state index contributed by atoms with van der Waals surface area (Å²) in [5, 5.41) is 4.12. The lowest BCUT2D eigenvalue weighted by Crippen LogP contribution is -2.64. The molecule has 2 atom stereocenters. The lowest BCUT2D eigenvalue weighted by atomic mass is 9.51. The molecule has 2 saturated carbocycles. The fraction of sp³-hybridized carbons (Fsp3) is 0.643. The van der Waals surface area contributed by atoms with Gasteiger partial charge in [0.05, 0.1) is 11.8 Å². The van der Waals surface area contributed by atoms with Crippen molar-refractivity contribution in [3.63, 3.8) is 0 Å². The SMILES string of the molecule is CCOC1CC(Nc2cccnc2Cl)C12CCC2. The summed E-state index contributed by atoms with van der Waals surface area (Å²) in [5.41, 5.74) is 1.31. The van der Waals surface area contributed by atoms with Crippen molar-refractivity contribution >= 4 is 17.3 Å². The van der Waals surface area contributed by atoms with Gasteiger partial charge in [-0.3, -0.25) is 0 Å². The largest absolute Gasteiger partial charge is 0.379 e. The van der Waals surface area contributed by atoms with Crippen LogP contribution in [0.1, 0.15) is 32.6 Å². The highest BCUT2D eigenvalue weighted by Gasteiger charge is 2.58. The molecule has 0 bridgehead atoms. The Morgan fingerprint density at radius 2 is 2.39 bits per heavy atom. The van der Waals surface area contributed by atoms with E-state index in [4.69, 9.17) is 16.3 Å². The molecule has 1 heterocycles. The maximum absolute atomic E-state index is 6.10. The summed E-state index contributed by atoms with van der Waals surface area (Å²) in [6.07, 6.45) is 7.10. The topological polar surface area (TPSA) is 34.1 Å². The summed E-state index contributed by atoms with van der Waals surface area (Å²) in [6.45, 7) is 2.89. The third kappa shape index (κ3) is 1.81. The normalized spacial score (nSPS) is 28.6. The minimum Gasteiger partial charge on any atom is -0.379 e. The van der Waals surface area contributed by atoms with Gasteiger partial charge < -0.3 is 10.1 Å². The molecule has 0 saturated heterocycles. The lowest BCUT2D eigenvalue weighted by molar-refractivity contribution is -0.157. The van der Waals surface area contributed by atoms with Gasteiger partial charge in [0.15, 0.2) is 5.15 Å². The molecule has 4 heteroatoms. The number of hydrogen-bond acceptors (Lipinski definition) is 3. The molecule has 1 aromatic heterocycles. The second kappa shape index (κ2) is 4.71. The predicted octanol–water partition coefficient (Wildman–Crippen LogP) is 3.49. The second-order valence-corrected chi connectivity index (χ2v) is 5.66. The Morgan fingerprint density at radius 1 is 1.56 bits per heavy atom. The van der Waals surface area contributed by atoms with Crippen molar-refractivity contribution < 1.29 is 4.74 Å². The van der Waals surface area contributed by atoms with Crippen molar-refractivity contribution in [3.05, 3.63) is 23.5 Å². The fourth-order valence-corrected chi connectivity index (χ4v) is 3.50. The molecule has 2 fully saturated rings. The van der Waals surface area contributed by atoms with Crippen molar-refractivity contribution in [2.45, 2.75) is 44.8 Å². The van der Waals surface area contributed by atoms with Crippen LogP contribution in [0.25, 0.3) is 0 Å². The average Bonchev–Trinajstić information content (AvgIpc) is 2.28. The molecule has 0 aromatic carbocycles. The quantitative estimate of drug-likeness (QED) is 0.847. The maximum Gasteiger partial charge on any atom is 0.152 e. The Labute approximate surface area is 113 Å². The van der Waals surface area contributed by atoms with E-state index >= 15 is 0 Å². The molecule has 18 heavy (non-hydrogen) atoms. The first-order valence-corrected chi connectivity index (χ1v) is 7.13. The van der Waals surface area contributed by atoms with E-state index in [1.807, 2.05) is 12.1 Å². The minimum atomic E-state index is 0.356. The van der Waals surface area contributed by atoms with Gasteiger partial charge in [0.2, 0.25) is 0 Å². The maximum atomic E-state index is 6.10. The molecule has 2 aliphatic rings. The van der Waals surface area contributed by atoms with Crippen molar-refractivity contribution in [2.24, 2.45) is 5.41 Å². The van der Waals surface area contributed by atoms with Crippen LogP contribution in [-0.4, -0.2) is 23.7 Å². The lowest BCUT2D eigenvalue weighted by Gasteiger charge is -2.61. The van der Waals surface area contributed by atoms with E-state index in [2.05, 4.69) is 17.2 Å². The van der Waals surface area contributed by atoms with Gasteiger partial charge in [-0.25, -0.2) is 4.98 Å². The third-order valence-corrected chi connectivity index (χ3v) is 4.83. The summed E-state index contributed by atoms with van der Waals surface area (Å²) in [4.78, 5) is 4.11. The fourth-order valence-electron chi connectivity index (χ4n) is 3.32. The second-order valence-electron chi connectivity index (χ2n) is 5.31. The first-order valence-electron chi connectivity index (χ1n) is 6.75. The molecule has 0 aliphatic heterocycles. The van der Waals surface area contributed by atoms with Gasteiger partial charge in [-0.05, 0) is 38.3 Å². The number of anilines is 1. The van der Waals surface area contributed by atoms with Crippen LogP contribution in [-0.2, 0) is 4.74 Å². The van der Waals surface area contributed by atoms with E-state index in [-0.39, 0.29) is 0 Å². The molecule has 1 aromatic rings. The average molecular weight is 267 g/mol. The number of aromatic nitrogens is 1. The number of pyridine rings is 1. The van der Waals surface area contributed by atoms with Gasteiger partial charge in [0, 0.05) is 24.3 Å². The van der Waals surface area contributed by atoms with Gasteiger partial charge in [-0.1, -0.05) is 18.0 Å². The van der Waals surface area contributed by atoms with Crippen LogP contribution < -0.4 is 5.32 Å².